The maximum Gasteiger partial charge on any atom is 0.392 e. The normalized spacial score (nSPS) is 13.7. The number of hydrogen-bond donors (Lipinski definition) is 1. The number of carbonyl (C=O) groups excluding carboxylic acids is 1. The van der Waals surface area contributed by atoms with Crippen molar-refractivity contribution in [2.45, 2.75) is 19.0 Å². The predicted octanol–water partition coefficient (Wildman–Crippen LogP) is 1.55. The number of aliphatic hydroxyl groups is 1. The van der Waals surface area contributed by atoms with Gasteiger partial charge in [-0.2, -0.15) is 18.3 Å². The Morgan fingerprint density at radius 1 is 1.59 bits per heavy atom. The lowest BCUT2D eigenvalue weighted by molar-refractivity contribution is -0.177. The first-order valence-corrected chi connectivity index (χ1v) is 5.04. The number of alkyl halides is 3. The standard InChI is InChI=1S/C10H13F3N2O2/c1-15-6-7(5-14-15)9(17)4-8(2-3-16)10(11,12)13/h5-6,8,16H,2-4H2,1H3/t8-/m1/s1. The fraction of sp³-hybridized carbons (Fsp3) is 0.600. The zero-order valence-corrected chi connectivity index (χ0v) is 9.24. The van der Waals surface area contributed by atoms with Crippen molar-refractivity contribution in [1.82, 2.24) is 9.78 Å². The molecular formula is C10H13F3N2O2. The quantitative estimate of drug-likeness (QED) is 0.807. The number of hydrogen-bond acceptors (Lipinski definition) is 3. The molecule has 1 aromatic heterocycles. The van der Waals surface area contributed by atoms with Crippen LogP contribution in [0.15, 0.2) is 12.4 Å². The number of aromatic nitrogens is 2. The first kappa shape index (κ1) is 13.7. The molecule has 0 aromatic carbocycles. The van der Waals surface area contributed by atoms with Crippen molar-refractivity contribution in [3.05, 3.63) is 18.0 Å². The first-order chi connectivity index (χ1) is 7.84. The fourth-order valence-corrected chi connectivity index (χ4v) is 1.44. The van der Waals surface area contributed by atoms with Gasteiger partial charge in [-0.05, 0) is 6.42 Å². The third kappa shape index (κ3) is 3.85. The zero-order chi connectivity index (χ0) is 13.1. The molecule has 0 aliphatic carbocycles. The molecule has 4 nitrogen and oxygen atoms in total. The van der Waals surface area contributed by atoms with Gasteiger partial charge < -0.3 is 5.11 Å². The molecule has 0 aliphatic rings. The molecule has 0 radical (unpaired) electrons. The van der Waals surface area contributed by atoms with Crippen molar-refractivity contribution in [2.75, 3.05) is 6.61 Å². The van der Waals surface area contributed by atoms with Crippen LogP contribution in [0.3, 0.4) is 0 Å². The van der Waals surface area contributed by atoms with E-state index < -0.39 is 37.3 Å². The van der Waals surface area contributed by atoms with E-state index in [9.17, 15) is 18.0 Å². The molecule has 7 heteroatoms. The number of Topliss-reactive ketones (excluding diaryl/α,β-unsaturated/α-hetero) is 1. The van der Waals surface area contributed by atoms with E-state index in [0.29, 0.717) is 0 Å². The van der Waals surface area contributed by atoms with Gasteiger partial charge in [0, 0.05) is 26.3 Å². The van der Waals surface area contributed by atoms with Gasteiger partial charge in [0.05, 0.1) is 17.7 Å². The van der Waals surface area contributed by atoms with Gasteiger partial charge in [0.1, 0.15) is 0 Å². The van der Waals surface area contributed by atoms with Gasteiger partial charge in [-0.15, -0.1) is 0 Å². The molecule has 0 bridgehead atoms. The number of ketones is 1. The molecule has 0 saturated heterocycles. The molecule has 96 valence electrons. The van der Waals surface area contributed by atoms with Crippen LogP contribution < -0.4 is 0 Å². The lowest BCUT2D eigenvalue weighted by atomic mass is 9.96. The largest absolute Gasteiger partial charge is 0.396 e. The molecule has 0 fully saturated rings. The molecule has 1 heterocycles. The molecule has 0 amide bonds. The van der Waals surface area contributed by atoms with Gasteiger partial charge in [-0.3, -0.25) is 9.48 Å². The van der Waals surface area contributed by atoms with E-state index in [4.69, 9.17) is 5.11 Å². The van der Waals surface area contributed by atoms with Crippen LogP contribution in [0.4, 0.5) is 13.2 Å². The number of aliphatic hydroxyl groups excluding tert-OH is 1. The van der Waals surface area contributed by atoms with E-state index >= 15 is 0 Å². The first-order valence-electron chi connectivity index (χ1n) is 5.04. The topological polar surface area (TPSA) is 55.1 Å². The van der Waals surface area contributed by atoms with Gasteiger partial charge in [0.25, 0.3) is 0 Å². The Labute approximate surface area is 96.0 Å². The van der Waals surface area contributed by atoms with Crippen LogP contribution in [-0.2, 0) is 7.05 Å². The third-order valence-electron chi connectivity index (χ3n) is 2.40. The highest BCUT2D eigenvalue weighted by atomic mass is 19.4. The van der Waals surface area contributed by atoms with Gasteiger partial charge in [-0.1, -0.05) is 0 Å². The summed E-state index contributed by atoms with van der Waals surface area (Å²) in [5.74, 6) is -2.42. The smallest absolute Gasteiger partial charge is 0.392 e. The maximum atomic E-state index is 12.5. The summed E-state index contributed by atoms with van der Waals surface area (Å²) in [4.78, 5) is 11.6. The summed E-state index contributed by atoms with van der Waals surface area (Å²) in [6.45, 7) is -0.593. The summed E-state index contributed by atoms with van der Waals surface area (Å²) in [5.41, 5.74) is 0.152. The highest BCUT2D eigenvalue weighted by molar-refractivity contribution is 5.95. The summed E-state index contributed by atoms with van der Waals surface area (Å²) in [5, 5.41) is 12.3. The van der Waals surface area contributed by atoms with E-state index in [1.165, 1.54) is 17.1 Å². The predicted molar refractivity (Wildman–Crippen MR) is 53.4 cm³/mol. The van der Waals surface area contributed by atoms with Gasteiger partial charge >= 0.3 is 6.18 Å². The van der Waals surface area contributed by atoms with Crippen molar-refractivity contribution in [1.29, 1.82) is 0 Å². The molecule has 0 spiro atoms. The lowest BCUT2D eigenvalue weighted by Crippen LogP contribution is -2.26. The molecule has 1 atom stereocenters. The molecule has 0 aliphatic heterocycles. The number of rotatable bonds is 5. The highest BCUT2D eigenvalue weighted by Crippen LogP contribution is 2.32. The highest BCUT2D eigenvalue weighted by Gasteiger charge is 2.40. The Morgan fingerprint density at radius 3 is 2.65 bits per heavy atom. The minimum Gasteiger partial charge on any atom is -0.396 e. The average molecular weight is 250 g/mol. The number of carbonyl (C=O) groups is 1. The van der Waals surface area contributed by atoms with Crippen molar-refractivity contribution < 1.29 is 23.1 Å². The Bertz CT molecular complexity index is 387. The van der Waals surface area contributed by atoms with Crippen LogP contribution in [0.2, 0.25) is 0 Å². The maximum absolute atomic E-state index is 12.5. The second-order valence-corrected chi connectivity index (χ2v) is 3.78. The Kier molecular flexibility index (Phi) is 4.28. The van der Waals surface area contributed by atoms with Crippen LogP contribution >= 0.6 is 0 Å². The minimum absolute atomic E-state index is 0.152. The summed E-state index contributed by atoms with van der Waals surface area (Å²) in [7, 11) is 1.58. The van der Waals surface area contributed by atoms with E-state index in [1.807, 2.05) is 0 Å². The molecular weight excluding hydrogens is 237 g/mol. The lowest BCUT2D eigenvalue weighted by Gasteiger charge is -2.18. The average Bonchev–Trinajstić information content (AvgIpc) is 2.62. The fourth-order valence-electron chi connectivity index (χ4n) is 1.44. The van der Waals surface area contributed by atoms with Crippen molar-refractivity contribution in [2.24, 2.45) is 13.0 Å². The van der Waals surface area contributed by atoms with E-state index in [-0.39, 0.29) is 5.56 Å². The molecule has 17 heavy (non-hydrogen) atoms. The summed E-state index contributed by atoms with van der Waals surface area (Å²) < 4.78 is 38.9. The zero-order valence-electron chi connectivity index (χ0n) is 9.24. The Morgan fingerprint density at radius 2 is 2.24 bits per heavy atom. The Balaban J connectivity index is 2.71. The monoisotopic (exact) mass is 250 g/mol. The van der Waals surface area contributed by atoms with E-state index in [2.05, 4.69) is 5.10 Å². The van der Waals surface area contributed by atoms with Gasteiger partial charge in [0.2, 0.25) is 0 Å². The summed E-state index contributed by atoms with van der Waals surface area (Å²) >= 11 is 0. The van der Waals surface area contributed by atoms with Crippen molar-refractivity contribution >= 4 is 5.78 Å². The molecule has 1 rings (SSSR count). The second-order valence-electron chi connectivity index (χ2n) is 3.78. The summed E-state index contributed by atoms with van der Waals surface area (Å²) in [6, 6.07) is 0. The van der Waals surface area contributed by atoms with Crippen LogP contribution in [0.5, 0.6) is 0 Å². The molecule has 0 saturated carbocycles. The second kappa shape index (κ2) is 5.31. The van der Waals surface area contributed by atoms with Gasteiger partial charge in [0.15, 0.2) is 5.78 Å². The summed E-state index contributed by atoms with van der Waals surface area (Å²) in [6.07, 6.45) is -2.99. The van der Waals surface area contributed by atoms with Crippen LogP contribution in [0.1, 0.15) is 23.2 Å². The number of aryl methyl sites for hydroxylation is 1. The number of nitrogens with zero attached hydrogens (tertiary/aromatic N) is 2. The van der Waals surface area contributed by atoms with Crippen molar-refractivity contribution in [3.8, 4) is 0 Å². The van der Waals surface area contributed by atoms with E-state index in [0.717, 1.165) is 0 Å². The van der Waals surface area contributed by atoms with Crippen LogP contribution in [-0.4, -0.2) is 33.5 Å². The van der Waals surface area contributed by atoms with Crippen LogP contribution in [0.25, 0.3) is 0 Å². The van der Waals surface area contributed by atoms with E-state index in [1.54, 1.807) is 7.05 Å². The van der Waals surface area contributed by atoms with Crippen LogP contribution in [0, 0.1) is 5.92 Å². The number of halogens is 3. The van der Waals surface area contributed by atoms with Crippen molar-refractivity contribution in [3.63, 3.8) is 0 Å². The molecule has 0 unspecified atom stereocenters. The minimum atomic E-state index is -4.47. The molecule has 1 N–H and O–H groups in total. The molecule has 1 aromatic rings. The SMILES string of the molecule is Cn1cc(C(=O)C[C@@H](CCO)C(F)(F)F)cn1. The Hall–Kier alpha value is -1.37. The van der Waals surface area contributed by atoms with Gasteiger partial charge in [-0.25, -0.2) is 0 Å². The third-order valence-corrected chi connectivity index (χ3v) is 2.40.